The van der Waals surface area contributed by atoms with E-state index in [1.807, 2.05) is 25.1 Å². The second-order valence-corrected chi connectivity index (χ2v) is 13.1. The van der Waals surface area contributed by atoms with Gasteiger partial charge in [-0.25, -0.2) is 0 Å². The Kier molecular flexibility index (Phi) is 7.57. The van der Waals surface area contributed by atoms with Gasteiger partial charge in [-0.2, -0.15) is 8.42 Å². The van der Waals surface area contributed by atoms with Crippen LogP contribution >= 0.6 is 0 Å². The maximum atomic E-state index is 13.2. The van der Waals surface area contributed by atoms with Crippen molar-refractivity contribution in [1.82, 2.24) is 4.90 Å². The monoisotopic (exact) mass is 572 g/mol. The second kappa shape index (κ2) is 11.2. The first-order valence-electron chi connectivity index (χ1n) is 14.3. The number of carbonyl (C=O) groups excluding carboxylic acids is 1. The van der Waals surface area contributed by atoms with Crippen LogP contribution in [0.1, 0.15) is 42.4 Å². The Hall–Kier alpha value is -3.33. The molecule has 7 nitrogen and oxygen atoms in total. The van der Waals surface area contributed by atoms with Gasteiger partial charge in [0, 0.05) is 24.8 Å². The third-order valence-electron chi connectivity index (χ3n) is 9.07. The molecular formula is C33H36N2O5S. The molecular weight excluding hydrogens is 536 g/mol. The summed E-state index contributed by atoms with van der Waals surface area (Å²) >= 11 is 0. The summed E-state index contributed by atoms with van der Waals surface area (Å²) in [6.45, 7) is 3.69. The van der Waals surface area contributed by atoms with Crippen LogP contribution in [0.3, 0.4) is 0 Å². The number of aliphatic imine (C=N–C) groups is 1. The topological polar surface area (TPSA) is 85.3 Å². The summed E-state index contributed by atoms with van der Waals surface area (Å²) in [5.74, 6) is -0.553. The zero-order chi connectivity index (χ0) is 28.6. The third kappa shape index (κ3) is 5.02. The van der Waals surface area contributed by atoms with Crippen molar-refractivity contribution >= 4 is 27.5 Å². The molecule has 2 heterocycles. The molecule has 0 radical (unpaired) electrons. The van der Waals surface area contributed by atoms with Crippen molar-refractivity contribution in [3.63, 3.8) is 0 Å². The van der Waals surface area contributed by atoms with Gasteiger partial charge < -0.3 is 4.74 Å². The number of likely N-dealkylation sites (tertiary alicyclic amines) is 1. The molecule has 3 aromatic carbocycles. The fourth-order valence-electron chi connectivity index (χ4n) is 7.35. The minimum atomic E-state index is -3.84. The largest absolute Gasteiger partial charge is 0.469 e. The Morgan fingerprint density at radius 3 is 2.51 bits per heavy atom. The third-order valence-corrected chi connectivity index (χ3v) is 10.4. The summed E-state index contributed by atoms with van der Waals surface area (Å²) in [5, 5.41) is 0. The quantitative estimate of drug-likeness (QED) is 0.189. The van der Waals surface area contributed by atoms with E-state index in [-0.39, 0.29) is 34.8 Å². The number of nitrogens with zero attached hydrogens (tertiary/aromatic N) is 2. The van der Waals surface area contributed by atoms with Crippen molar-refractivity contribution in [3.8, 4) is 0 Å². The Labute approximate surface area is 242 Å². The van der Waals surface area contributed by atoms with Gasteiger partial charge in [0.15, 0.2) is 0 Å². The maximum absolute atomic E-state index is 13.2. The van der Waals surface area contributed by atoms with E-state index in [2.05, 4.69) is 41.3 Å². The molecule has 0 N–H and O–H groups in total. The van der Waals surface area contributed by atoms with Crippen LogP contribution in [0, 0.1) is 18.8 Å². The minimum absolute atomic E-state index is 0.0888. The highest BCUT2D eigenvalue weighted by atomic mass is 32.2. The Balaban J connectivity index is 1.29. The van der Waals surface area contributed by atoms with Crippen molar-refractivity contribution in [2.24, 2.45) is 16.8 Å². The molecule has 0 aromatic heterocycles. The summed E-state index contributed by atoms with van der Waals surface area (Å²) < 4.78 is 36.3. The number of esters is 1. The van der Waals surface area contributed by atoms with Gasteiger partial charge in [-0.1, -0.05) is 66.2 Å². The van der Waals surface area contributed by atoms with Gasteiger partial charge >= 0.3 is 5.97 Å². The van der Waals surface area contributed by atoms with Crippen molar-refractivity contribution in [2.75, 3.05) is 20.3 Å². The normalized spacial score (nSPS) is 25.2. The molecule has 4 atom stereocenters. The molecule has 0 bridgehead atoms. The Morgan fingerprint density at radius 2 is 1.76 bits per heavy atom. The Bertz CT molecular complexity index is 1550. The lowest BCUT2D eigenvalue weighted by Crippen LogP contribution is -2.58. The lowest BCUT2D eigenvalue weighted by atomic mass is 9.58. The predicted octanol–water partition coefficient (Wildman–Crippen LogP) is 5.59. The lowest BCUT2D eigenvalue weighted by molar-refractivity contribution is -0.144. The highest BCUT2D eigenvalue weighted by Crippen LogP contribution is 2.58. The number of methoxy groups -OCH3 is 1. The van der Waals surface area contributed by atoms with E-state index in [1.54, 1.807) is 24.3 Å². The first-order valence-corrected chi connectivity index (χ1v) is 15.7. The highest BCUT2D eigenvalue weighted by molar-refractivity contribution is 7.86. The Morgan fingerprint density at radius 1 is 1.02 bits per heavy atom. The number of benzene rings is 3. The van der Waals surface area contributed by atoms with Gasteiger partial charge in [-0.05, 0) is 67.9 Å². The zero-order valence-electron chi connectivity index (χ0n) is 23.5. The molecule has 1 spiro atoms. The van der Waals surface area contributed by atoms with Gasteiger partial charge in [0.05, 0.1) is 35.6 Å². The second-order valence-electron chi connectivity index (χ2n) is 11.4. The van der Waals surface area contributed by atoms with Crippen LogP contribution in [-0.4, -0.2) is 51.3 Å². The van der Waals surface area contributed by atoms with Gasteiger partial charge in [0.2, 0.25) is 0 Å². The van der Waals surface area contributed by atoms with Gasteiger partial charge in [0.1, 0.15) is 0 Å². The smallest absolute Gasteiger partial charge is 0.314 e. The van der Waals surface area contributed by atoms with Crippen LogP contribution in [0.15, 0.2) is 88.8 Å². The van der Waals surface area contributed by atoms with E-state index < -0.39 is 16.0 Å². The van der Waals surface area contributed by atoms with Crippen LogP contribution in [0.25, 0.3) is 0 Å². The molecule has 3 aliphatic rings. The summed E-state index contributed by atoms with van der Waals surface area (Å²) in [6, 6.07) is 25.6. The fraction of sp³-hybridized carbons (Fsp3) is 0.394. The van der Waals surface area contributed by atoms with Crippen molar-refractivity contribution in [3.05, 3.63) is 95.6 Å². The minimum Gasteiger partial charge on any atom is -0.469 e. The van der Waals surface area contributed by atoms with Crippen LogP contribution in [0.2, 0.25) is 0 Å². The number of rotatable bonds is 9. The van der Waals surface area contributed by atoms with Gasteiger partial charge in [-0.15, -0.1) is 0 Å². The molecule has 2 fully saturated rings. The molecule has 6 rings (SSSR count). The highest BCUT2D eigenvalue weighted by Gasteiger charge is 2.62. The number of hydrogen-bond donors (Lipinski definition) is 0. The number of fused-ring (bicyclic) bond motifs is 1. The molecule has 1 aliphatic carbocycles. The SMILES string of the molecule is COC(=O)C1CC(CCCOS(=O)(=O)c2ccc(C)cc2)C2N(Cc3ccccc3)CCC23C1=Nc1ccccc13. The summed E-state index contributed by atoms with van der Waals surface area (Å²) in [4.78, 5) is 21.0. The number of para-hydroxylation sites is 1. The first kappa shape index (κ1) is 27.8. The van der Waals surface area contributed by atoms with Crippen LogP contribution in [0.4, 0.5) is 5.69 Å². The standard InChI is InChI=1S/C33H36N2O5S/c1-23-14-16-26(17-15-23)41(37,38)40-20-8-11-25-21-27(32(36)39-2)30-33(28-12-6-7-13-29(28)34-30)18-19-35(31(25)33)22-24-9-4-3-5-10-24/h3-7,9-10,12-17,25,27,31H,8,11,18-22H2,1-2H3. The van der Waals surface area contributed by atoms with Crippen molar-refractivity contribution < 1.29 is 22.1 Å². The van der Waals surface area contributed by atoms with E-state index in [9.17, 15) is 13.2 Å². The predicted molar refractivity (Wildman–Crippen MR) is 158 cm³/mol. The van der Waals surface area contributed by atoms with Crippen LogP contribution in [0.5, 0.6) is 0 Å². The van der Waals surface area contributed by atoms with Crippen LogP contribution < -0.4 is 0 Å². The summed E-state index contributed by atoms with van der Waals surface area (Å²) in [5.41, 5.74) is 4.92. The van der Waals surface area contributed by atoms with Crippen molar-refractivity contribution in [1.29, 1.82) is 0 Å². The average molecular weight is 573 g/mol. The fourth-order valence-corrected chi connectivity index (χ4v) is 8.29. The van der Waals surface area contributed by atoms with E-state index in [1.165, 1.54) is 18.2 Å². The van der Waals surface area contributed by atoms with E-state index in [4.69, 9.17) is 13.9 Å². The molecule has 4 unspecified atom stereocenters. The maximum Gasteiger partial charge on any atom is 0.314 e. The van der Waals surface area contributed by atoms with Crippen LogP contribution in [-0.2, 0) is 35.8 Å². The summed E-state index contributed by atoms with van der Waals surface area (Å²) in [7, 11) is -2.39. The van der Waals surface area contributed by atoms with E-state index >= 15 is 0 Å². The lowest BCUT2D eigenvalue weighted by Gasteiger charge is -2.48. The number of carbonyl (C=O) groups is 1. The number of hydrogen-bond acceptors (Lipinski definition) is 7. The van der Waals surface area contributed by atoms with E-state index in [0.717, 1.165) is 42.9 Å². The molecule has 2 aliphatic heterocycles. The van der Waals surface area contributed by atoms with Crippen molar-refractivity contribution in [2.45, 2.75) is 55.5 Å². The first-order chi connectivity index (χ1) is 19.8. The zero-order valence-corrected chi connectivity index (χ0v) is 24.3. The average Bonchev–Trinajstić information content (AvgIpc) is 3.53. The molecule has 214 valence electrons. The molecule has 0 amide bonds. The molecule has 1 saturated carbocycles. The molecule has 3 aromatic rings. The molecule has 8 heteroatoms. The number of ether oxygens (including phenoxy) is 1. The van der Waals surface area contributed by atoms with E-state index in [0.29, 0.717) is 12.8 Å². The van der Waals surface area contributed by atoms with Gasteiger partial charge in [-0.3, -0.25) is 18.9 Å². The molecule has 1 saturated heterocycles. The summed E-state index contributed by atoms with van der Waals surface area (Å²) in [6.07, 6.45) is 2.78. The number of aryl methyl sites for hydroxylation is 1. The van der Waals surface area contributed by atoms with Gasteiger partial charge in [0.25, 0.3) is 10.1 Å². The molecule has 41 heavy (non-hydrogen) atoms.